The van der Waals surface area contributed by atoms with Crippen LogP contribution in [0.2, 0.25) is 0 Å². The topological polar surface area (TPSA) is 149 Å². The van der Waals surface area contributed by atoms with E-state index in [4.69, 9.17) is 35.0 Å². The highest BCUT2D eigenvalue weighted by Gasteiger charge is 2.13. The first-order valence-electron chi connectivity index (χ1n) is 12.3. The number of quaternary nitrogens is 1. The molecule has 0 aromatic heterocycles. The molecule has 11 heteroatoms. The van der Waals surface area contributed by atoms with Crippen LogP contribution in [0.4, 0.5) is 0 Å². The second-order valence-corrected chi connectivity index (χ2v) is 11.0. The van der Waals surface area contributed by atoms with Gasteiger partial charge < -0.3 is 4.48 Å². The second-order valence-electron chi connectivity index (χ2n) is 9.23. The van der Waals surface area contributed by atoms with E-state index in [0.717, 1.165) is 0 Å². The molecule has 0 aliphatic heterocycles. The third kappa shape index (κ3) is 59.4. The molecule has 0 saturated carbocycles. The van der Waals surface area contributed by atoms with Crippen LogP contribution in [-0.2, 0) is 20.8 Å². The molecule has 0 rings (SSSR count). The van der Waals surface area contributed by atoms with Gasteiger partial charge in [0, 0.05) is 0 Å². The Bertz CT molecular complexity index is 540. The maximum absolute atomic E-state index is 8.74. The molecule has 0 aromatic carbocycles. The van der Waals surface area contributed by atoms with E-state index in [1.54, 1.807) is 0 Å². The van der Waals surface area contributed by atoms with Gasteiger partial charge in [-0.05, 0) is 25.7 Å². The minimum Gasteiger partial charge on any atom is -0.328 e. The van der Waals surface area contributed by atoms with Crippen LogP contribution >= 0.6 is 0 Å². The lowest BCUT2D eigenvalue weighted by Gasteiger charge is -2.30. The van der Waals surface area contributed by atoms with Gasteiger partial charge in [0.2, 0.25) is 0 Å². The molecule has 0 fully saturated rings. The van der Waals surface area contributed by atoms with Crippen LogP contribution in [0.1, 0.15) is 117 Å². The zero-order chi connectivity index (χ0) is 26.2. The third-order valence-corrected chi connectivity index (χ3v) is 5.23. The zero-order valence-electron chi connectivity index (χ0n) is 21.4. The van der Waals surface area contributed by atoms with E-state index in [1.807, 2.05) is 0 Å². The molecule has 0 atom stereocenters. The fraction of sp³-hybridized carbons (Fsp3) is 1.00. The maximum atomic E-state index is 8.74. The van der Waals surface area contributed by atoms with Gasteiger partial charge in [0.1, 0.15) is 0 Å². The van der Waals surface area contributed by atoms with Gasteiger partial charge in [-0.25, -0.2) is 0 Å². The summed E-state index contributed by atoms with van der Waals surface area (Å²) in [6, 6.07) is 0. The van der Waals surface area contributed by atoms with Crippen molar-refractivity contribution in [3.8, 4) is 0 Å². The lowest BCUT2D eigenvalue weighted by Crippen LogP contribution is -2.41. The summed E-state index contributed by atoms with van der Waals surface area (Å²) in [7, 11) is -4.47. The Hall–Kier alpha value is -0.300. The van der Waals surface area contributed by atoms with Gasteiger partial charge in [0.05, 0.1) is 27.2 Å². The van der Waals surface area contributed by atoms with E-state index < -0.39 is 20.8 Å². The summed E-state index contributed by atoms with van der Waals surface area (Å²) in [5, 5.41) is 0. The van der Waals surface area contributed by atoms with Gasteiger partial charge in [-0.2, -0.15) is 16.8 Å². The number of unbranched alkanes of at least 4 members (excludes halogenated alkanes) is 14. The largest absolute Gasteiger partial charge is 0.394 e. The molecule has 33 heavy (non-hydrogen) atoms. The standard InChI is InChI=1S/C22H48N.2H2O4S/c1-5-7-9-11-13-15-17-19-21-23(3,4)22-20-18-16-14-12-10-8-6-2;2*1-5(2,3)4/h5-22H2,1-4H3;2*(H2,1,2,3,4)/q+1;;. The van der Waals surface area contributed by atoms with Gasteiger partial charge in [-0.15, -0.1) is 0 Å². The summed E-state index contributed by atoms with van der Waals surface area (Å²) < 4.78 is 64.4. The highest BCUT2D eigenvalue weighted by molar-refractivity contribution is 7.80. The van der Waals surface area contributed by atoms with E-state index in [0.29, 0.717) is 0 Å². The van der Waals surface area contributed by atoms with Crippen LogP contribution in [0.5, 0.6) is 0 Å². The van der Waals surface area contributed by atoms with E-state index in [9.17, 15) is 0 Å². The van der Waals surface area contributed by atoms with Crippen molar-refractivity contribution in [2.75, 3.05) is 27.2 Å². The van der Waals surface area contributed by atoms with Crippen molar-refractivity contribution in [2.45, 2.75) is 117 Å². The predicted octanol–water partition coefficient (Wildman–Crippen LogP) is 6.04. The van der Waals surface area contributed by atoms with E-state index in [1.165, 1.54) is 120 Å². The summed E-state index contributed by atoms with van der Waals surface area (Å²) in [5.41, 5.74) is 0. The molecule has 0 radical (unpaired) electrons. The summed E-state index contributed by atoms with van der Waals surface area (Å²) in [6.07, 6.45) is 23.0. The molecule has 0 unspecified atom stereocenters. The minimum absolute atomic E-state index is 1.24. The Morgan fingerprint density at radius 2 is 0.636 bits per heavy atom. The lowest BCUT2D eigenvalue weighted by molar-refractivity contribution is -0.890. The molecule has 0 saturated heterocycles. The smallest absolute Gasteiger partial charge is 0.328 e. The fourth-order valence-electron chi connectivity index (χ4n) is 3.46. The molecular formula is C22H52NO8S2+. The molecule has 0 spiro atoms. The Morgan fingerprint density at radius 1 is 0.455 bits per heavy atom. The average Bonchev–Trinajstić information content (AvgIpc) is 2.63. The third-order valence-electron chi connectivity index (χ3n) is 5.23. The van der Waals surface area contributed by atoms with Crippen molar-refractivity contribution < 1.29 is 39.5 Å². The first-order chi connectivity index (χ1) is 15.1. The normalized spacial score (nSPS) is 11.9. The van der Waals surface area contributed by atoms with E-state index in [-0.39, 0.29) is 0 Å². The van der Waals surface area contributed by atoms with Gasteiger partial charge in [-0.1, -0.05) is 90.9 Å². The van der Waals surface area contributed by atoms with Crippen LogP contribution < -0.4 is 0 Å². The Kier molecular flexibility index (Phi) is 26.5. The molecule has 0 aromatic rings. The van der Waals surface area contributed by atoms with Crippen molar-refractivity contribution in [1.29, 1.82) is 0 Å². The molecule has 204 valence electrons. The SMILES string of the molecule is CCCCCCCCCC[N+](C)(C)CCCCCCCCCC.O=S(=O)(O)O.O=S(=O)(O)O. The first kappa shape index (κ1) is 37.3. The predicted molar refractivity (Wildman–Crippen MR) is 135 cm³/mol. The fourth-order valence-corrected chi connectivity index (χ4v) is 3.46. The molecular weight excluding hydrogens is 470 g/mol. The molecule has 0 amide bonds. The van der Waals surface area contributed by atoms with Gasteiger partial charge in [-0.3, -0.25) is 18.2 Å². The summed E-state index contributed by atoms with van der Waals surface area (Å²) in [5.74, 6) is 0. The lowest BCUT2D eigenvalue weighted by atomic mass is 10.1. The van der Waals surface area contributed by atoms with Crippen LogP contribution in [-0.4, -0.2) is 66.7 Å². The Labute approximate surface area is 204 Å². The number of hydrogen-bond donors (Lipinski definition) is 4. The zero-order valence-corrected chi connectivity index (χ0v) is 23.0. The monoisotopic (exact) mass is 522 g/mol. The van der Waals surface area contributed by atoms with E-state index >= 15 is 0 Å². The van der Waals surface area contributed by atoms with Gasteiger partial charge in [0.25, 0.3) is 0 Å². The molecule has 0 aliphatic carbocycles. The first-order valence-corrected chi connectivity index (χ1v) is 15.1. The average molecular weight is 523 g/mol. The van der Waals surface area contributed by atoms with Gasteiger partial charge in [0.15, 0.2) is 0 Å². The van der Waals surface area contributed by atoms with Crippen molar-refractivity contribution in [3.63, 3.8) is 0 Å². The molecule has 0 aliphatic rings. The summed E-state index contributed by atoms with van der Waals surface area (Å²) in [4.78, 5) is 0. The van der Waals surface area contributed by atoms with Gasteiger partial charge >= 0.3 is 20.8 Å². The highest BCUT2D eigenvalue weighted by Crippen LogP contribution is 2.13. The molecule has 0 heterocycles. The summed E-state index contributed by atoms with van der Waals surface area (Å²) >= 11 is 0. The molecule has 9 nitrogen and oxygen atoms in total. The Morgan fingerprint density at radius 3 is 0.848 bits per heavy atom. The molecule has 4 N–H and O–H groups in total. The van der Waals surface area contributed by atoms with Crippen molar-refractivity contribution >= 4 is 20.8 Å². The van der Waals surface area contributed by atoms with Crippen molar-refractivity contribution in [2.24, 2.45) is 0 Å². The highest BCUT2D eigenvalue weighted by atomic mass is 32.3. The van der Waals surface area contributed by atoms with Crippen LogP contribution in [0, 0.1) is 0 Å². The van der Waals surface area contributed by atoms with Crippen LogP contribution in [0.3, 0.4) is 0 Å². The Balaban J connectivity index is -0.000000746. The van der Waals surface area contributed by atoms with Crippen LogP contribution in [0.25, 0.3) is 0 Å². The summed E-state index contributed by atoms with van der Waals surface area (Å²) in [6.45, 7) is 7.36. The maximum Gasteiger partial charge on any atom is 0.394 e. The quantitative estimate of drug-likeness (QED) is 0.0966. The minimum atomic E-state index is -4.67. The number of rotatable bonds is 18. The van der Waals surface area contributed by atoms with Crippen molar-refractivity contribution in [3.05, 3.63) is 0 Å². The van der Waals surface area contributed by atoms with Crippen molar-refractivity contribution in [1.82, 2.24) is 0 Å². The van der Waals surface area contributed by atoms with Crippen LogP contribution in [0.15, 0.2) is 0 Å². The number of nitrogens with zero attached hydrogens (tertiary/aromatic N) is 1. The number of hydrogen-bond acceptors (Lipinski definition) is 4. The second kappa shape index (κ2) is 23.4. The van der Waals surface area contributed by atoms with E-state index in [2.05, 4.69) is 27.9 Å². The molecule has 0 bridgehead atoms.